The molecule has 0 spiro atoms. The number of halogens is 2. The molecule has 0 radical (unpaired) electrons. The topological polar surface area (TPSA) is 75.8 Å². The third-order valence-corrected chi connectivity index (χ3v) is 4.23. The highest BCUT2D eigenvalue weighted by Gasteiger charge is 2.30. The van der Waals surface area contributed by atoms with Crippen LogP contribution < -0.4 is 4.90 Å². The lowest BCUT2D eigenvalue weighted by molar-refractivity contribution is -0.384. The Labute approximate surface area is 144 Å². The maximum Gasteiger partial charge on any atom is 0.284 e. The molecule has 0 bridgehead atoms. The van der Waals surface area contributed by atoms with Gasteiger partial charge in [0.2, 0.25) is 0 Å². The summed E-state index contributed by atoms with van der Waals surface area (Å²) < 4.78 is 15.0. The first kappa shape index (κ1) is 16.3. The molecule has 0 N–H and O–H groups in total. The van der Waals surface area contributed by atoms with Crippen molar-refractivity contribution in [1.29, 1.82) is 0 Å². The number of fused-ring (bicyclic) bond motifs is 1. The van der Waals surface area contributed by atoms with Crippen molar-refractivity contribution in [1.82, 2.24) is 0 Å². The van der Waals surface area contributed by atoms with E-state index < -0.39 is 17.1 Å². The number of hydrogen-bond donors (Lipinski definition) is 0. The number of carbonyl (C=O) groups excluding carboxylic acids is 1. The van der Waals surface area contributed by atoms with Crippen molar-refractivity contribution in [3.63, 3.8) is 0 Å². The second kappa shape index (κ2) is 6.12. The molecule has 0 saturated carbocycles. The van der Waals surface area contributed by atoms with Crippen molar-refractivity contribution >= 4 is 38.9 Å². The molecule has 1 unspecified atom stereocenters. The van der Waals surface area contributed by atoms with Crippen LogP contribution in [-0.2, 0) is 4.79 Å². The molecule has 24 heavy (non-hydrogen) atoms. The maximum absolute atomic E-state index is 14.2. The summed E-state index contributed by atoms with van der Waals surface area (Å²) in [4.78, 5) is 27.6. The van der Waals surface area contributed by atoms with Gasteiger partial charge in [0.25, 0.3) is 17.9 Å². The molecule has 1 atom stereocenters. The van der Waals surface area contributed by atoms with Gasteiger partial charge in [-0.1, -0.05) is 28.1 Å². The Kier molecular flexibility index (Phi) is 4.15. The van der Waals surface area contributed by atoms with E-state index in [4.69, 9.17) is 0 Å². The number of benzene rings is 2. The van der Waals surface area contributed by atoms with Gasteiger partial charge in [0.15, 0.2) is 0 Å². The largest absolute Gasteiger partial charge is 0.311 e. The van der Waals surface area contributed by atoms with E-state index in [1.165, 1.54) is 25.2 Å². The number of rotatable bonds is 2. The minimum absolute atomic E-state index is 0.156. The standard InChI is InChI=1S/C16H11BrFN3O3/c1-20-13-7-6-11(21(23)24)8-12(13)14(19-15(18)16(20)22)9-2-4-10(17)5-3-9/h2-8,15H,1H3. The first-order valence-electron chi connectivity index (χ1n) is 6.92. The number of aliphatic imine (C=N–C) groups is 1. The summed E-state index contributed by atoms with van der Waals surface area (Å²) in [6, 6.07) is 10.9. The maximum atomic E-state index is 14.2. The lowest BCUT2D eigenvalue weighted by Crippen LogP contribution is -2.32. The van der Waals surface area contributed by atoms with Gasteiger partial charge in [0, 0.05) is 34.8 Å². The van der Waals surface area contributed by atoms with E-state index in [2.05, 4.69) is 20.9 Å². The SMILES string of the molecule is CN1C(=O)C(F)N=C(c2ccc(Br)cc2)c2cc([N+](=O)[O-])ccc21. The van der Waals surface area contributed by atoms with Gasteiger partial charge in [-0.25, -0.2) is 9.38 Å². The minimum Gasteiger partial charge on any atom is -0.311 e. The monoisotopic (exact) mass is 391 g/mol. The molecule has 1 aliphatic heterocycles. The molecule has 0 aliphatic carbocycles. The Morgan fingerprint density at radius 3 is 2.54 bits per heavy atom. The molecular formula is C16H11BrFN3O3. The van der Waals surface area contributed by atoms with Crippen LogP contribution in [0.3, 0.4) is 0 Å². The van der Waals surface area contributed by atoms with Crippen LogP contribution >= 0.6 is 15.9 Å². The molecule has 0 saturated heterocycles. The molecule has 1 amide bonds. The third-order valence-electron chi connectivity index (χ3n) is 3.70. The molecule has 6 nitrogen and oxygen atoms in total. The Bertz CT molecular complexity index is 867. The van der Waals surface area contributed by atoms with Crippen molar-refractivity contribution in [2.24, 2.45) is 4.99 Å². The van der Waals surface area contributed by atoms with E-state index in [1.54, 1.807) is 24.3 Å². The number of benzodiazepines with no additional fused rings is 1. The number of nitro benzene ring substituents is 1. The second-order valence-electron chi connectivity index (χ2n) is 5.18. The molecule has 1 heterocycles. The molecule has 8 heteroatoms. The summed E-state index contributed by atoms with van der Waals surface area (Å²) in [6.45, 7) is 0. The number of alkyl halides is 1. The molecule has 2 aromatic rings. The molecule has 2 aromatic carbocycles. The van der Waals surface area contributed by atoms with Crippen LogP contribution in [0.1, 0.15) is 11.1 Å². The smallest absolute Gasteiger partial charge is 0.284 e. The van der Waals surface area contributed by atoms with Gasteiger partial charge in [0.05, 0.1) is 16.3 Å². The van der Waals surface area contributed by atoms with E-state index >= 15 is 0 Å². The van der Waals surface area contributed by atoms with Crippen molar-refractivity contribution < 1.29 is 14.1 Å². The first-order chi connectivity index (χ1) is 11.4. The fourth-order valence-corrected chi connectivity index (χ4v) is 2.74. The second-order valence-corrected chi connectivity index (χ2v) is 6.09. The number of amides is 1. The number of carbonyl (C=O) groups is 1. The summed E-state index contributed by atoms with van der Waals surface area (Å²) in [5.74, 6) is -0.822. The number of nitrogens with zero attached hydrogens (tertiary/aromatic N) is 3. The quantitative estimate of drug-likeness (QED) is 0.446. The van der Waals surface area contributed by atoms with Gasteiger partial charge in [-0.2, -0.15) is 0 Å². The highest BCUT2D eigenvalue weighted by atomic mass is 79.9. The number of anilines is 1. The van der Waals surface area contributed by atoms with Gasteiger partial charge < -0.3 is 4.90 Å². The number of nitro groups is 1. The molecule has 122 valence electrons. The van der Waals surface area contributed by atoms with E-state index in [9.17, 15) is 19.3 Å². The fourth-order valence-electron chi connectivity index (χ4n) is 2.47. The predicted octanol–water partition coefficient (Wildman–Crippen LogP) is 3.47. The zero-order chi connectivity index (χ0) is 17.4. The zero-order valence-electron chi connectivity index (χ0n) is 12.4. The van der Waals surface area contributed by atoms with Crippen molar-refractivity contribution in [3.05, 3.63) is 68.2 Å². The lowest BCUT2D eigenvalue weighted by Gasteiger charge is -2.18. The number of hydrogen-bond acceptors (Lipinski definition) is 4. The van der Waals surface area contributed by atoms with Crippen molar-refractivity contribution in [3.8, 4) is 0 Å². The Hall–Kier alpha value is -2.61. The van der Waals surface area contributed by atoms with Crippen LogP contribution in [0.25, 0.3) is 0 Å². The third kappa shape index (κ3) is 2.80. The highest BCUT2D eigenvalue weighted by Crippen LogP contribution is 2.31. The Morgan fingerprint density at radius 1 is 1.25 bits per heavy atom. The minimum atomic E-state index is -2.07. The number of non-ortho nitro benzene ring substituents is 1. The van der Waals surface area contributed by atoms with Crippen molar-refractivity contribution in [2.75, 3.05) is 11.9 Å². The Morgan fingerprint density at radius 2 is 1.92 bits per heavy atom. The lowest BCUT2D eigenvalue weighted by atomic mass is 9.99. The van der Waals surface area contributed by atoms with Crippen LogP contribution in [0.2, 0.25) is 0 Å². The average Bonchev–Trinajstić information content (AvgIpc) is 2.66. The molecule has 0 fully saturated rings. The van der Waals surface area contributed by atoms with E-state index in [-0.39, 0.29) is 11.4 Å². The van der Waals surface area contributed by atoms with E-state index in [0.29, 0.717) is 16.8 Å². The summed E-state index contributed by atoms with van der Waals surface area (Å²) in [7, 11) is 1.42. The fraction of sp³-hybridized carbons (Fsp3) is 0.125. The van der Waals surface area contributed by atoms with Crippen LogP contribution in [0.4, 0.5) is 15.8 Å². The molecule has 3 rings (SSSR count). The van der Waals surface area contributed by atoms with Gasteiger partial charge in [-0.3, -0.25) is 14.9 Å². The predicted molar refractivity (Wildman–Crippen MR) is 91.2 cm³/mol. The number of likely N-dealkylation sites (N-methyl/N-ethyl adjacent to an activating group) is 1. The summed E-state index contributed by atoms with van der Waals surface area (Å²) in [5, 5.41) is 11.1. The van der Waals surface area contributed by atoms with Gasteiger partial charge in [-0.15, -0.1) is 0 Å². The van der Waals surface area contributed by atoms with Crippen molar-refractivity contribution in [2.45, 2.75) is 6.30 Å². The summed E-state index contributed by atoms with van der Waals surface area (Å²) >= 11 is 3.31. The van der Waals surface area contributed by atoms with Crippen LogP contribution in [-0.4, -0.2) is 29.9 Å². The van der Waals surface area contributed by atoms with Crippen LogP contribution in [0, 0.1) is 10.1 Å². The molecule has 1 aliphatic rings. The van der Waals surface area contributed by atoms with E-state index in [1.807, 2.05) is 0 Å². The summed E-state index contributed by atoms with van der Waals surface area (Å²) in [6.07, 6.45) is -2.07. The van der Waals surface area contributed by atoms with Gasteiger partial charge in [0.1, 0.15) is 0 Å². The molecular weight excluding hydrogens is 381 g/mol. The first-order valence-corrected chi connectivity index (χ1v) is 7.72. The summed E-state index contributed by atoms with van der Waals surface area (Å²) in [5.41, 5.74) is 1.31. The van der Waals surface area contributed by atoms with E-state index in [0.717, 1.165) is 9.37 Å². The zero-order valence-corrected chi connectivity index (χ0v) is 14.0. The van der Waals surface area contributed by atoms with Crippen LogP contribution in [0.15, 0.2) is 51.9 Å². The normalized spacial score (nSPS) is 17.1. The average molecular weight is 392 g/mol. The van der Waals surface area contributed by atoms with Gasteiger partial charge in [-0.05, 0) is 18.2 Å². The Balaban J connectivity index is 2.27. The van der Waals surface area contributed by atoms with Gasteiger partial charge >= 0.3 is 0 Å². The highest BCUT2D eigenvalue weighted by molar-refractivity contribution is 9.10. The molecule has 0 aromatic heterocycles. The van der Waals surface area contributed by atoms with Crippen LogP contribution in [0.5, 0.6) is 0 Å².